The number of carbonyl (C=O) groups excluding carboxylic acids is 1. The van der Waals surface area contributed by atoms with Crippen LogP contribution in [0.15, 0.2) is 0 Å². The molecule has 122 valence electrons. The standard InChI is InChI=1S/C17H33N3O/c1-2-19(14-16-9-8-10-18-13-16)15-17(21)20-11-6-4-3-5-7-12-20/h16,18H,2-15H2,1H3. The van der Waals surface area contributed by atoms with Crippen molar-refractivity contribution in [3.05, 3.63) is 0 Å². The van der Waals surface area contributed by atoms with Gasteiger partial charge in [0.15, 0.2) is 0 Å². The van der Waals surface area contributed by atoms with Gasteiger partial charge in [0.1, 0.15) is 0 Å². The molecule has 1 atom stereocenters. The van der Waals surface area contributed by atoms with E-state index in [1.807, 2.05) is 0 Å². The van der Waals surface area contributed by atoms with Crippen LogP contribution in [-0.2, 0) is 4.79 Å². The molecule has 1 unspecified atom stereocenters. The van der Waals surface area contributed by atoms with E-state index in [4.69, 9.17) is 0 Å². The molecule has 0 bridgehead atoms. The maximum absolute atomic E-state index is 12.5. The van der Waals surface area contributed by atoms with Gasteiger partial charge >= 0.3 is 0 Å². The lowest BCUT2D eigenvalue weighted by Gasteiger charge is -2.31. The van der Waals surface area contributed by atoms with Gasteiger partial charge in [-0.25, -0.2) is 0 Å². The van der Waals surface area contributed by atoms with Gasteiger partial charge in [-0.15, -0.1) is 0 Å². The Morgan fingerprint density at radius 2 is 1.86 bits per heavy atom. The van der Waals surface area contributed by atoms with E-state index < -0.39 is 0 Å². The fraction of sp³-hybridized carbons (Fsp3) is 0.941. The van der Waals surface area contributed by atoms with Gasteiger partial charge in [-0.05, 0) is 51.2 Å². The summed E-state index contributed by atoms with van der Waals surface area (Å²) in [7, 11) is 0. The van der Waals surface area contributed by atoms with E-state index in [1.54, 1.807) is 0 Å². The van der Waals surface area contributed by atoms with Crippen LogP contribution in [0.3, 0.4) is 0 Å². The van der Waals surface area contributed by atoms with E-state index in [2.05, 4.69) is 22.0 Å². The normalized spacial score (nSPS) is 24.7. The Hall–Kier alpha value is -0.610. The minimum atomic E-state index is 0.350. The van der Waals surface area contributed by atoms with Gasteiger partial charge in [0.05, 0.1) is 6.54 Å². The summed E-state index contributed by atoms with van der Waals surface area (Å²) in [6.07, 6.45) is 8.88. The zero-order chi connectivity index (χ0) is 14.9. The molecule has 0 aliphatic carbocycles. The third-order valence-corrected chi connectivity index (χ3v) is 4.93. The molecule has 2 aliphatic heterocycles. The summed E-state index contributed by atoms with van der Waals surface area (Å²) in [5.74, 6) is 1.07. The zero-order valence-corrected chi connectivity index (χ0v) is 13.8. The summed E-state index contributed by atoms with van der Waals surface area (Å²) in [4.78, 5) is 17.0. The summed E-state index contributed by atoms with van der Waals surface area (Å²) >= 11 is 0. The molecule has 2 rings (SSSR count). The number of hydrogen-bond donors (Lipinski definition) is 1. The van der Waals surface area contributed by atoms with Crippen molar-refractivity contribution < 1.29 is 4.79 Å². The van der Waals surface area contributed by atoms with Gasteiger partial charge in [0.25, 0.3) is 0 Å². The summed E-state index contributed by atoms with van der Waals surface area (Å²) < 4.78 is 0. The van der Waals surface area contributed by atoms with E-state index in [-0.39, 0.29) is 0 Å². The Labute approximate surface area is 130 Å². The molecule has 0 aromatic carbocycles. The lowest BCUT2D eigenvalue weighted by molar-refractivity contribution is -0.132. The van der Waals surface area contributed by atoms with Crippen LogP contribution < -0.4 is 5.32 Å². The average Bonchev–Trinajstić information content (AvgIpc) is 2.47. The monoisotopic (exact) mass is 295 g/mol. The highest BCUT2D eigenvalue weighted by molar-refractivity contribution is 5.78. The molecule has 2 heterocycles. The van der Waals surface area contributed by atoms with E-state index in [1.165, 1.54) is 44.9 Å². The molecular formula is C17H33N3O. The van der Waals surface area contributed by atoms with Crippen molar-refractivity contribution in [2.45, 2.75) is 51.9 Å². The molecule has 4 heteroatoms. The van der Waals surface area contributed by atoms with Gasteiger partial charge in [-0.1, -0.05) is 26.2 Å². The topological polar surface area (TPSA) is 35.6 Å². The van der Waals surface area contributed by atoms with Crippen LogP contribution in [0.5, 0.6) is 0 Å². The molecule has 0 aromatic heterocycles. The van der Waals surface area contributed by atoms with Gasteiger partial charge in [-0.3, -0.25) is 9.69 Å². The first kappa shape index (κ1) is 16.8. The number of carbonyl (C=O) groups is 1. The third kappa shape index (κ3) is 5.95. The van der Waals surface area contributed by atoms with Gasteiger partial charge < -0.3 is 10.2 Å². The minimum absolute atomic E-state index is 0.350. The molecule has 1 amide bonds. The Morgan fingerprint density at radius 1 is 1.14 bits per heavy atom. The zero-order valence-electron chi connectivity index (χ0n) is 13.8. The summed E-state index contributed by atoms with van der Waals surface area (Å²) in [5.41, 5.74) is 0. The van der Waals surface area contributed by atoms with Crippen LogP contribution in [-0.4, -0.2) is 61.5 Å². The molecule has 0 saturated carbocycles. The first-order valence-electron chi connectivity index (χ1n) is 9.00. The van der Waals surface area contributed by atoms with Crippen molar-refractivity contribution >= 4 is 5.91 Å². The molecule has 1 N–H and O–H groups in total. The largest absolute Gasteiger partial charge is 0.342 e. The van der Waals surface area contributed by atoms with Crippen LogP contribution >= 0.6 is 0 Å². The first-order valence-corrected chi connectivity index (χ1v) is 9.00. The number of likely N-dealkylation sites (N-methyl/N-ethyl adjacent to an activating group) is 1. The summed E-state index contributed by atoms with van der Waals surface area (Å²) in [6, 6.07) is 0. The van der Waals surface area contributed by atoms with Crippen LogP contribution in [0.4, 0.5) is 0 Å². The number of nitrogens with zero attached hydrogens (tertiary/aromatic N) is 2. The predicted molar refractivity (Wildman–Crippen MR) is 87.4 cm³/mol. The van der Waals surface area contributed by atoms with Crippen LogP contribution in [0.2, 0.25) is 0 Å². The van der Waals surface area contributed by atoms with Gasteiger partial charge in [0.2, 0.25) is 5.91 Å². The minimum Gasteiger partial charge on any atom is -0.342 e. The molecule has 2 saturated heterocycles. The van der Waals surface area contributed by atoms with Crippen LogP contribution in [0.1, 0.15) is 51.9 Å². The lowest BCUT2D eigenvalue weighted by atomic mass is 9.99. The van der Waals surface area contributed by atoms with E-state index in [0.29, 0.717) is 12.5 Å². The van der Waals surface area contributed by atoms with Crippen molar-refractivity contribution in [2.75, 3.05) is 45.8 Å². The highest BCUT2D eigenvalue weighted by Gasteiger charge is 2.20. The first-order chi connectivity index (χ1) is 10.3. The number of hydrogen-bond acceptors (Lipinski definition) is 3. The van der Waals surface area contributed by atoms with E-state index in [0.717, 1.165) is 45.2 Å². The highest BCUT2D eigenvalue weighted by Crippen LogP contribution is 2.13. The molecule has 21 heavy (non-hydrogen) atoms. The lowest BCUT2D eigenvalue weighted by Crippen LogP contribution is -2.45. The summed E-state index contributed by atoms with van der Waals surface area (Å²) in [6.45, 7) is 9.08. The van der Waals surface area contributed by atoms with Crippen molar-refractivity contribution in [1.29, 1.82) is 0 Å². The van der Waals surface area contributed by atoms with E-state index >= 15 is 0 Å². The fourth-order valence-corrected chi connectivity index (χ4v) is 3.54. The van der Waals surface area contributed by atoms with Gasteiger partial charge in [0, 0.05) is 19.6 Å². The smallest absolute Gasteiger partial charge is 0.236 e. The summed E-state index contributed by atoms with van der Waals surface area (Å²) in [5, 5.41) is 3.47. The van der Waals surface area contributed by atoms with Crippen molar-refractivity contribution in [3.8, 4) is 0 Å². The Morgan fingerprint density at radius 3 is 2.48 bits per heavy atom. The third-order valence-electron chi connectivity index (χ3n) is 4.93. The maximum Gasteiger partial charge on any atom is 0.236 e. The quantitative estimate of drug-likeness (QED) is 0.844. The molecule has 2 aliphatic rings. The molecule has 4 nitrogen and oxygen atoms in total. The van der Waals surface area contributed by atoms with E-state index in [9.17, 15) is 4.79 Å². The number of piperidine rings is 1. The number of rotatable bonds is 5. The Kier molecular flexibility index (Phi) is 7.51. The predicted octanol–water partition coefficient (Wildman–Crippen LogP) is 2.10. The second-order valence-electron chi connectivity index (χ2n) is 6.69. The molecular weight excluding hydrogens is 262 g/mol. The van der Waals surface area contributed by atoms with Crippen molar-refractivity contribution in [3.63, 3.8) is 0 Å². The Bertz CT molecular complexity index is 294. The second kappa shape index (κ2) is 9.42. The average molecular weight is 295 g/mol. The molecule has 2 fully saturated rings. The molecule has 0 spiro atoms. The Balaban J connectivity index is 1.77. The van der Waals surface area contributed by atoms with Crippen molar-refractivity contribution in [1.82, 2.24) is 15.1 Å². The SMILES string of the molecule is CCN(CC(=O)N1CCCCCCC1)CC1CCCNC1. The molecule has 0 aromatic rings. The van der Waals surface area contributed by atoms with Crippen LogP contribution in [0, 0.1) is 5.92 Å². The highest BCUT2D eigenvalue weighted by atomic mass is 16.2. The maximum atomic E-state index is 12.5. The molecule has 0 radical (unpaired) electrons. The number of amides is 1. The number of likely N-dealkylation sites (tertiary alicyclic amines) is 1. The van der Waals surface area contributed by atoms with Crippen molar-refractivity contribution in [2.24, 2.45) is 5.92 Å². The van der Waals surface area contributed by atoms with Crippen LogP contribution in [0.25, 0.3) is 0 Å². The number of nitrogens with one attached hydrogen (secondary N) is 1. The fourth-order valence-electron chi connectivity index (χ4n) is 3.54. The second-order valence-corrected chi connectivity index (χ2v) is 6.69. The van der Waals surface area contributed by atoms with Gasteiger partial charge in [-0.2, -0.15) is 0 Å².